The summed E-state index contributed by atoms with van der Waals surface area (Å²) in [6.07, 6.45) is 2.14. The molecule has 1 fully saturated rings. The largest absolute Gasteiger partial charge is 0.378 e. The van der Waals surface area contributed by atoms with Crippen LogP contribution in [-0.2, 0) is 4.74 Å². The molecule has 0 unspecified atom stereocenters. The third-order valence-electron chi connectivity index (χ3n) is 2.09. The van der Waals surface area contributed by atoms with Crippen LogP contribution < -0.4 is 0 Å². The van der Waals surface area contributed by atoms with Gasteiger partial charge in [0.05, 0.1) is 6.10 Å². The number of rotatable bonds is 2. The Morgan fingerprint density at radius 1 is 1.58 bits per heavy atom. The zero-order chi connectivity index (χ0) is 8.97. The van der Waals surface area contributed by atoms with Crippen LogP contribution in [-0.4, -0.2) is 36.1 Å². The highest BCUT2D eigenvalue weighted by Crippen LogP contribution is 2.14. The average Bonchev–Trinajstić information content (AvgIpc) is 2.06. The molecule has 0 bridgehead atoms. The molecule has 1 aliphatic rings. The number of carbonyl (C=O) groups is 1. The number of ether oxygens (including phenoxy) is 1. The van der Waals surface area contributed by atoms with E-state index < -0.39 is 0 Å². The minimum atomic E-state index is -0.343. The third kappa shape index (κ3) is 2.64. The minimum absolute atomic E-state index is 0.322. The van der Waals surface area contributed by atoms with Gasteiger partial charge in [0.1, 0.15) is 0 Å². The first-order valence-corrected chi connectivity index (χ1v) is 4.68. The van der Waals surface area contributed by atoms with Crippen molar-refractivity contribution >= 4 is 17.0 Å². The van der Waals surface area contributed by atoms with E-state index in [1.165, 1.54) is 0 Å². The second-order valence-electron chi connectivity index (χ2n) is 2.89. The molecule has 0 spiro atoms. The second-order valence-corrected chi connectivity index (χ2v) is 3.22. The van der Waals surface area contributed by atoms with Gasteiger partial charge in [-0.15, -0.1) is 0 Å². The number of piperidine rings is 1. The first-order valence-electron chi connectivity index (χ1n) is 4.30. The Morgan fingerprint density at radius 3 is 2.58 bits per heavy atom. The first-order chi connectivity index (χ1) is 5.74. The lowest BCUT2D eigenvalue weighted by Crippen LogP contribution is -2.38. The molecule has 0 radical (unpaired) electrons. The van der Waals surface area contributed by atoms with Gasteiger partial charge >= 0.3 is 5.37 Å². The molecule has 3 nitrogen and oxygen atoms in total. The van der Waals surface area contributed by atoms with E-state index in [-0.39, 0.29) is 5.37 Å². The van der Waals surface area contributed by atoms with Crippen LogP contribution in [0.5, 0.6) is 0 Å². The third-order valence-corrected chi connectivity index (χ3v) is 2.33. The second kappa shape index (κ2) is 4.67. The number of amides is 1. The van der Waals surface area contributed by atoms with Crippen LogP contribution in [0, 0.1) is 0 Å². The average molecular weight is 192 g/mol. The number of nitrogens with zero attached hydrogens (tertiary/aromatic N) is 1. The van der Waals surface area contributed by atoms with E-state index in [9.17, 15) is 4.79 Å². The van der Waals surface area contributed by atoms with Crippen molar-refractivity contribution < 1.29 is 9.53 Å². The van der Waals surface area contributed by atoms with Gasteiger partial charge in [-0.2, -0.15) is 0 Å². The van der Waals surface area contributed by atoms with Gasteiger partial charge in [0.25, 0.3) is 0 Å². The summed E-state index contributed by atoms with van der Waals surface area (Å²) in [6, 6.07) is 0. The molecule has 12 heavy (non-hydrogen) atoms. The molecule has 1 rings (SSSR count). The fraction of sp³-hybridized carbons (Fsp3) is 0.875. The van der Waals surface area contributed by atoms with Gasteiger partial charge in [0, 0.05) is 19.7 Å². The predicted octanol–water partition coefficient (Wildman–Crippen LogP) is 1.85. The van der Waals surface area contributed by atoms with E-state index in [4.69, 9.17) is 16.3 Å². The van der Waals surface area contributed by atoms with E-state index in [2.05, 4.69) is 0 Å². The Kier molecular flexibility index (Phi) is 3.82. The maximum Gasteiger partial charge on any atom is 0.316 e. The van der Waals surface area contributed by atoms with E-state index >= 15 is 0 Å². The highest BCUT2D eigenvalue weighted by molar-refractivity contribution is 6.62. The van der Waals surface area contributed by atoms with Crippen LogP contribution in [0.4, 0.5) is 4.79 Å². The van der Waals surface area contributed by atoms with Crippen molar-refractivity contribution in [2.24, 2.45) is 0 Å². The molecule has 0 aromatic rings. The predicted molar refractivity (Wildman–Crippen MR) is 47.5 cm³/mol. The van der Waals surface area contributed by atoms with E-state index in [0.717, 1.165) is 32.5 Å². The Hall–Kier alpha value is -0.280. The number of halogens is 1. The van der Waals surface area contributed by atoms with Gasteiger partial charge in [-0.05, 0) is 31.4 Å². The van der Waals surface area contributed by atoms with Crippen LogP contribution >= 0.6 is 11.6 Å². The Labute approximate surface area is 77.6 Å². The number of carbonyl (C=O) groups excluding carboxylic acids is 1. The van der Waals surface area contributed by atoms with Crippen molar-refractivity contribution in [3.8, 4) is 0 Å². The van der Waals surface area contributed by atoms with E-state index in [1.807, 2.05) is 6.92 Å². The molecule has 1 aliphatic heterocycles. The molecule has 0 aromatic heterocycles. The van der Waals surface area contributed by atoms with Crippen LogP contribution in [0.1, 0.15) is 19.8 Å². The summed E-state index contributed by atoms with van der Waals surface area (Å²) in [5.74, 6) is 0. The maximum atomic E-state index is 10.7. The van der Waals surface area contributed by atoms with Crippen molar-refractivity contribution in [1.82, 2.24) is 4.90 Å². The highest BCUT2D eigenvalue weighted by Gasteiger charge is 2.21. The molecule has 0 saturated carbocycles. The van der Waals surface area contributed by atoms with Gasteiger partial charge < -0.3 is 9.64 Å². The normalized spacial score (nSPS) is 19.7. The molecule has 1 amide bonds. The van der Waals surface area contributed by atoms with Crippen molar-refractivity contribution in [3.05, 3.63) is 0 Å². The van der Waals surface area contributed by atoms with Crippen molar-refractivity contribution in [1.29, 1.82) is 0 Å². The number of hydrogen-bond acceptors (Lipinski definition) is 2. The number of hydrogen-bond donors (Lipinski definition) is 0. The molecule has 0 atom stereocenters. The zero-order valence-electron chi connectivity index (χ0n) is 7.25. The van der Waals surface area contributed by atoms with Crippen LogP contribution in [0.25, 0.3) is 0 Å². The summed E-state index contributed by atoms with van der Waals surface area (Å²) in [5, 5.41) is -0.343. The quantitative estimate of drug-likeness (QED) is 0.493. The lowest BCUT2D eigenvalue weighted by atomic mass is 10.1. The summed E-state index contributed by atoms with van der Waals surface area (Å²) in [4.78, 5) is 12.4. The number of likely N-dealkylation sites (tertiary alicyclic amines) is 1. The van der Waals surface area contributed by atoms with Crippen LogP contribution in [0.2, 0.25) is 0 Å². The lowest BCUT2D eigenvalue weighted by Gasteiger charge is -2.29. The molecule has 1 heterocycles. The first kappa shape index (κ1) is 9.81. The Morgan fingerprint density at radius 2 is 2.17 bits per heavy atom. The SMILES string of the molecule is CCOC1CCN(C(=O)Cl)CC1. The van der Waals surface area contributed by atoms with Crippen molar-refractivity contribution in [2.45, 2.75) is 25.9 Å². The van der Waals surface area contributed by atoms with Crippen LogP contribution in [0.3, 0.4) is 0 Å². The van der Waals surface area contributed by atoms with Gasteiger partial charge in [0.2, 0.25) is 0 Å². The Balaban J connectivity index is 2.25. The van der Waals surface area contributed by atoms with Gasteiger partial charge in [-0.3, -0.25) is 4.79 Å². The summed E-state index contributed by atoms with van der Waals surface area (Å²) in [5.41, 5.74) is 0. The summed E-state index contributed by atoms with van der Waals surface area (Å²) < 4.78 is 5.43. The van der Waals surface area contributed by atoms with Gasteiger partial charge in [0.15, 0.2) is 0 Å². The topological polar surface area (TPSA) is 29.5 Å². The lowest BCUT2D eigenvalue weighted by molar-refractivity contribution is 0.0241. The standard InChI is InChI=1S/C8H14ClNO2/c1-2-12-7-3-5-10(6-4-7)8(9)11/h7H,2-6H2,1H3. The fourth-order valence-corrected chi connectivity index (χ4v) is 1.60. The van der Waals surface area contributed by atoms with Crippen molar-refractivity contribution in [3.63, 3.8) is 0 Å². The molecule has 4 heteroatoms. The molecular formula is C8H14ClNO2. The van der Waals surface area contributed by atoms with E-state index in [1.54, 1.807) is 4.90 Å². The molecule has 0 N–H and O–H groups in total. The fourth-order valence-electron chi connectivity index (χ4n) is 1.43. The van der Waals surface area contributed by atoms with Crippen molar-refractivity contribution in [2.75, 3.05) is 19.7 Å². The summed E-state index contributed by atoms with van der Waals surface area (Å²) in [7, 11) is 0. The minimum Gasteiger partial charge on any atom is -0.378 e. The molecule has 0 aromatic carbocycles. The maximum absolute atomic E-state index is 10.7. The van der Waals surface area contributed by atoms with Gasteiger partial charge in [-0.25, -0.2) is 0 Å². The van der Waals surface area contributed by atoms with Gasteiger partial charge in [-0.1, -0.05) is 0 Å². The van der Waals surface area contributed by atoms with Crippen LogP contribution in [0.15, 0.2) is 0 Å². The molecule has 1 saturated heterocycles. The monoisotopic (exact) mass is 191 g/mol. The molecule has 70 valence electrons. The zero-order valence-corrected chi connectivity index (χ0v) is 8.01. The summed E-state index contributed by atoms with van der Waals surface area (Å²) >= 11 is 5.33. The van der Waals surface area contributed by atoms with E-state index in [0.29, 0.717) is 6.10 Å². The smallest absolute Gasteiger partial charge is 0.316 e. The molecular weight excluding hydrogens is 178 g/mol. The molecule has 0 aliphatic carbocycles. The Bertz CT molecular complexity index is 155. The highest BCUT2D eigenvalue weighted by atomic mass is 35.5. The summed E-state index contributed by atoms with van der Waals surface area (Å²) in [6.45, 7) is 4.19.